The average molecular weight is 404 g/mol. The fourth-order valence-corrected chi connectivity index (χ4v) is 3.12. The molecule has 29 heavy (non-hydrogen) atoms. The molecule has 1 aliphatic carbocycles. The molecule has 4 nitrogen and oxygen atoms in total. The van der Waals surface area contributed by atoms with Crippen molar-refractivity contribution in [3.05, 3.63) is 53.6 Å². The Kier molecular flexibility index (Phi) is 6.53. The van der Waals surface area contributed by atoms with Crippen molar-refractivity contribution in [2.75, 3.05) is 31.7 Å². The lowest BCUT2D eigenvalue weighted by molar-refractivity contribution is -0.137. The van der Waals surface area contributed by atoms with E-state index in [0.29, 0.717) is 37.7 Å². The first-order valence-corrected chi connectivity index (χ1v) is 9.54. The highest BCUT2D eigenvalue weighted by molar-refractivity contribution is 5.55. The maximum atomic E-state index is 13.3. The quantitative estimate of drug-likeness (QED) is 0.534. The number of anilines is 1. The van der Waals surface area contributed by atoms with Gasteiger partial charge >= 0.3 is 6.18 Å². The third-order valence-electron chi connectivity index (χ3n) is 4.87. The van der Waals surface area contributed by atoms with Crippen LogP contribution in [0.3, 0.4) is 0 Å². The largest absolute Gasteiger partial charge is 0.497 e. The Balaban J connectivity index is 1.64. The smallest absolute Gasteiger partial charge is 0.417 e. The van der Waals surface area contributed by atoms with Crippen molar-refractivity contribution in [1.29, 1.82) is 5.26 Å². The molecular formula is C22H23F3N2O2. The highest BCUT2D eigenvalue weighted by Gasteiger charge is 2.34. The molecule has 154 valence electrons. The third kappa shape index (κ3) is 5.80. The summed E-state index contributed by atoms with van der Waals surface area (Å²) in [7, 11) is 1.59. The van der Waals surface area contributed by atoms with Crippen LogP contribution >= 0.6 is 0 Å². The number of nitrogens with zero attached hydrogens (tertiary/aromatic N) is 2. The lowest BCUT2D eigenvalue weighted by Gasteiger charge is -2.26. The summed E-state index contributed by atoms with van der Waals surface area (Å²) in [5.41, 5.74) is -0.740. The third-order valence-corrected chi connectivity index (χ3v) is 4.87. The first-order valence-electron chi connectivity index (χ1n) is 9.54. The molecule has 7 heteroatoms. The molecule has 0 radical (unpaired) electrons. The van der Waals surface area contributed by atoms with Gasteiger partial charge in [0.25, 0.3) is 0 Å². The SMILES string of the molecule is COc1ccc(OCCCN(CC2CC2)c2ccc(C#N)c(C(F)(F)F)c2)cc1. The second-order valence-corrected chi connectivity index (χ2v) is 7.11. The number of hydrogen-bond donors (Lipinski definition) is 0. The Labute approximate surface area is 168 Å². The van der Waals surface area contributed by atoms with Crippen molar-refractivity contribution < 1.29 is 22.6 Å². The zero-order chi connectivity index (χ0) is 20.9. The van der Waals surface area contributed by atoms with Gasteiger partial charge in [-0.25, -0.2) is 0 Å². The molecule has 1 fully saturated rings. The van der Waals surface area contributed by atoms with Crippen molar-refractivity contribution in [2.24, 2.45) is 5.92 Å². The van der Waals surface area contributed by atoms with Gasteiger partial charge in [0.15, 0.2) is 0 Å². The van der Waals surface area contributed by atoms with Crippen LogP contribution in [0.25, 0.3) is 0 Å². The normalized spacial score (nSPS) is 13.6. The van der Waals surface area contributed by atoms with Gasteiger partial charge in [0, 0.05) is 18.8 Å². The maximum Gasteiger partial charge on any atom is 0.417 e. The molecule has 0 aliphatic heterocycles. The second-order valence-electron chi connectivity index (χ2n) is 7.11. The highest BCUT2D eigenvalue weighted by atomic mass is 19.4. The van der Waals surface area contributed by atoms with E-state index in [1.54, 1.807) is 19.2 Å². The van der Waals surface area contributed by atoms with Gasteiger partial charge in [-0.05, 0) is 67.6 Å². The van der Waals surface area contributed by atoms with Crippen LogP contribution in [-0.2, 0) is 6.18 Å². The molecule has 2 aromatic rings. The monoisotopic (exact) mass is 404 g/mol. The van der Waals surface area contributed by atoms with Gasteiger partial charge in [0.05, 0.1) is 30.9 Å². The summed E-state index contributed by atoms with van der Waals surface area (Å²) in [5.74, 6) is 1.98. The van der Waals surface area contributed by atoms with Crippen molar-refractivity contribution in [3.8, 4) is 17.6 Å². The number of benzene rings is 2. The molecule has 1 aliphatic rings. The molecule has 0 spiro atoms. The fraction of sp³-hybridized carbons (Fsp3) is 0.409. The van der Waals surface area contributed by atoms with Gasteiger partial charge in [0.1, 0.15) is 11.5 Å². The summed E-state index contributed by atoms with van der Waals surface area (Å²) in [6.07, 6.45) is -1.69. The van der Waals surface area contributed by atoms with Crippen LogP contribution in [0.5, 0.6) is 11.5 Å². The van der Waals surface area contributed by atoms with Crippen LogP contribution in [0.2, 0.25) is 0 Å². The summed E-state index contributed by atoms with van der Waals surface area (Å²) in [6, 6.07) is 12.8. The maximum absolute atomic E-state index is 13.3. The number of hydrogen-bond acceptors (Lipinski definition) is 4. The Morgan fingerprint density at radius 1 is 1.10 bits per heavy atom. The van der Waals surface area contributed by atoms with Crippen molar-refractivity contribution >= 4 is 5.69 Å². The number of nitriles is 1. The van der Waals surface area contributed by atoms with Crippen LogP contribution in [0.15, 0.2) is 42.5 Å². The van der Waals surface area contributed by atoms with Crippen LogP contribution in [0, 0.1) is 17.2 Å². The average Bonchev–Trinajstić information content (AvgIpc) is 3.53. The van der Waals surface area contributed by atoms with Crippen LogP contribution in [0.4, 0.5) is 18.9 Å². The molecule has 0 heterocycles. The summed E-state index contributed by atoms with van der Waals surface area (Å²) in [6.45, 7) is 1.75. The Morgan fingerprint density at radius 2 is 1.79 bits per heavy atom. The van der Waals surface area contributed by atoms with Gasteiger partial charge in [-0.3, -0.25) is 0 Å². The van der Waals surface area contributed by atoms with E-state index in [4.69, 9.17) is 14.7 Å². The van der Waals surface area contributed by atoms with Crippen LogP contribution in [-0.4, -0.2) is 26.8 Å². The first-order chi connectivity index (χ1) is 13.9. The summed E-state index contributed by atoms with van der Waals surface area (Å²) in [4.78, 5) is 1.96. The molecule has 0 aromatic heterocycles. The summed E-state index contributed by atoms with van der Waals surface area (Å²) < 4.78 is 50.7. The highest BCUT2D eigenvalue weighted by Crippen LogP contribution is 2.36. The van der Waals surface area contributed by atoms with Crippen LogP contribution in [0.1, 0.15) is 30.4 Å². The predicted molar refractivity (Wildman–Crippen MR) is 104 cm³/mol. The van der Waals surface area contributed by atoms with Gasteiger partial charge in [0.2, 0.25) is 0 Å². The van der Waals surface area contributed by atoms with Gasteiger partial charge in [-0.2, -0.15) is 18.4 Å². The number of alkyl halides is 3. The number of ether oxygens (including phenoxy) is 2. The van der Waals surface area contributed by atoms with Gasteiger partial charge in [-0.15, -0.1) is 0 Å². The molecule has 0 saturated heterocycles. The molecule has 3 rings (SSSR count). The first kappa shape index (κ1) is 20.8. The zero-order valence-electron chi connectivity index (χ0n) is 16.2. The Morgan fingerprint density at radius 3 is 2.38 bits per heavy atom. The van der Waals surface area contributed by atoms with E-state index < -0.39 is 11.7 Å². The van der Waals surface area contributed by atoms with Crippen molar-refractivity contribution in [2.45, 2.75) is 25.4 Å². The second kappa shape index (κ2) is 9.08. The lowest BCUT2D eigenvalue weighted by atomic mass is 10.1. The minimum atomic E-state index is -4.55. The number of methoxy groups -OCH3 is 1. The van der Waals surface area contributed by atoms with E-state index in [0.717, 1.165) is 30.4 Å². The van der Waals surface area contributed by atoms with Crippen molar-refractivity contribution in [3.63, 3.8) is 0 Å². The van der Waals surface area contributed by atoms with E-state index in [9.17, 15) is 13.2 Å². The Hall–Kier alpha value is -2.88. The molecule has 2 aromatic carbocycles. The molecule has 0 unspecified atom stereocenters. The van der Waals surface area contributed by atoms with E-state index >= 15 is 0 Å². The molecule has 0 bridgehead atoms. The molecule has 0 atom stereocenters. The zero-order valence-corrected chi connectivity index (χ0v) is 16.2. The summed E-state index contributed by atoms with van der Waals surface area (Å²) >= 11 is 0. The van der Waals surface area contributed by atoms with E-state index in [2.05, 4.69) is 0 Å². The van der Waals surface area contributed by atoms with Gasteiger partial charge < -0.3 is 14.4 Å². The van der Waals surface area contributed by atoms with Crippen molar-refractivity contribution in [1.82, 2.24) is 0 Å². The molecular weight excluding hydrogens is 381 g/mol. The molecule has 0 N–H and O–H groups in total. The minimum absolute atomic E-state index is 0.351. The molecule has 1 saturated carbocycles. The van der Waals surface area contributed by atoms with E-state index in [1.165, 1.54) is 6.07 Å². The Bertz CT molecular complexity index is 856. The predicted octanol–water partition coefficient (Wildman–Crippen LogP) is 5.27. The standard InChI is InChI=1S/C22H23F3N2O2/c1-28-19-7-9-20(10-8-19)29-12-2-11-27(15-16-3-4-16)18-6-5-17(14-26)21(13-18)22(23,24)25/h5-10,13,16H,2-4,11-12,15H2,1H3. The number of rotatable bonds is 9. The van der Waals surface area contributed by atoms with Gasteiger partial charge in [-0.1, -0.05) is 0 Å². The lowest BCUT2D eigenvalue weighted by Crippen LogP contribution is -2.28. The minimum Gasteiger partial charge on any atom is -0.497 e. The van der Waals surface area contributed by atoms with E-state index in [1.807, 2.05) is 29.2 Å². The number of halogens is 3. The topological polar surface area (TPSA) is 45.5 Å². The summed E-state index contributed by atoms with van der Waals surface area (Å²) in [5, 5.41) is 8.99. The fourth-order valence-electron chi connectivity index (χ4n) is 3.12. The van der Waals surface area contributed by atoms with E-state index in [-0.39, 0.29) is 5.56 Å². The van der Waals surface area contributed by atoms with Crippen LogP contribution < -0.4 is 14.4 Å². The molecule has 0 amide bonds.